The van der Waals surface area contributed by atoms with Crippen molar-refractivity contribution < 1.29 is 48.1 Å². The highest BCUT2D eigenvalue weighted by atomic mass is 35.5. The fourth-order valence-corrected chi connectivity index (χ4v) is 10.6. The number of benzene rings is 2. The summed E-state index contributed by atoms with van der Waals surface area (Å²) in [5.74, 6) is -1.94. The number of amides is 4. The van der Waals surface area contributed by atoms with Crippen LogP contribution in [0.2, 0.25) is 25.6 Å². The number of nitrogens with zero attached hydrogens (tertiary/aromatic N) is 9. The van der Waals surface area contributed by atoms with Gasteiger partial charge in [0.25, 0.3) is 11.8 Å². The third-order valence-corrected chi connectivity index (χ3v) is 17.0. The molecule has 538 valence electrons. The smallest absolute Gasteiger partial charge is 0.341 e. The average molecular weight is 1490 g/mol. The number of nitrogens with one attached hydrogen (secondary N) is 5. The molecule has 27 nitrogen and oxygen atoms in total. The summed E-state index contributed by atoms with van der Waals surface area (Å²) < 4.78 is 9.11. The SMILES string of the molecule is C.CC(=O)N1CCN(c2ccc(N)cc2)CC1.CC(=O)N1CCN(c2ccc(Nc3cc(NC4CC4)c(C(N)=O)cn3)cc2)CC1.COC(=O)c1cnc(Cl)cc1Cl.COC(=O)c1cnc(Cl)cc1NC1CC1.NC(=O)c1cnc(Cl)cc1NC1CC1.O=C(O)c1cnc(Cl)cc1NC1CC1. The third-order valence-electron chi connectivity index (χ3n) is 15.9. The fourth-order valence-electron chi connectivity index (χ4n) is 9.73. The lowest BCUT2D eigenvalue weighted by atomic mass is 10.2. The third kappa shape index (κ3) is 25.2. The van der Waals surface area contributed by atoms with Gasteiger partial charge in [-0.25, -0.2) is 39.3 Å². The van der Waals surface area contributed by atoms with Gasteiger partial charge in [-0.15, -0.1) is 0 Å². The Morgan fingerprint density at radius 3 is 1.15 bits per heavy atom. The van der Waals surface area contributed by atoms with E-state index < -0.39 is 29.7 Å². The summed E-state index contributed by atoms with van der Waals surface area (Å²) in [7, 11) is 2.62. The van der Waals surface area contributed by atoms with Crippen molar-refractivity contribution in [3.63, 3.8) is 0 Å². The van der Waals surface area contributed by atoms with Gasteiger partial charge in [0.2, 0.25) is 11.8 Å². The summed E-state index contributed by atoms with van der Waals surface area (Å²) in [4.78, 5) is 106. The van der Waals surface area contributed by atoms with Crippen molar-refractivity contribution in [1.29, 1.82) is 0 Å². The Morgan fingerprint density at radius 1 is 0.455 bits per heavy atom. The second-order valence-corrected chi connectivity index (χ2v) is 25.7. The number of anilines is 9. The zero-order chi connectivity index (χ0) is 72.2. The highest BCUT2D eigenvalue weighted by Crippen LogP contribution is 2.33. The molecular formula is C69H82Cl5N17O10. The number of piperazine rings is 2. The van der Waals surface area contributed by atoms with Crippen molar-refractivity contribution in [3.05, 3.63) is 163 Å². The number of carbonyl (C=O) groups excluding carboxylic acids is 6. The van der Waals surface area contributed by atoms with Gasteiger partial charge in [-0.1, -0.05) is 65.4 Å². The highest BCUT2D eigenvalue weighted by Gasteiger charge is 2.28. The number of rotatable bonds is 17. The molecule has 0 atom stereocenters. The van der Waals surface area contributed by atoms with Crippen molar-refractivity contribution in [2.45, 2.75) is 96.8 Å². The normalized spacial score (nSPS) is 14.9. The Bertz CT molecular complexity index is 3950. The molecule has 0 spiro atoms. The molecule has 2 aliphatic heterocycles. The lowest BCUT2D eigenvalue weighted by Crippen LogP contribution is -2.48. The standard InChI is InChI=1S/C21H26N6O2.C12H17N3O.C10H11ClN2O2.C9H10ClN3O.C9H9ClN2O2.C7H5Cl2NO2.CH4/c1-14(28)26-8-10-27(11-9-26)17-6-4-16(5-7-17)25-20-12-19(24-15-2-3-15)18(13-23-20)21(22)29;1-10(16)14-6-8-15(9-7-14)12-4-2-11(13)3-5-12;1-15-10(14)7-5-12-9(11)4-8(7)13-6-2-3-6;10-8-3-7(13-5-1-2-5)6(4-12-8)9(11)14;10-8-3-7(12-5-1-2-5)6(4-11-8)9(13)14;1-12-7(11)4-3-10-6(9)2-5(4)8;/h4-7,12-13,15H,2-3,8-11H2,1H3,(H2,22,29)(H2,23,24,25);2-5H,6-9,13H2,1H3;4-6H,2-3H2,1H3,(H,12,13);3-5H,1-2H2,(H2,11,14)(H,12,13);3-5H,1-2H2,(H,11,12)(H,13,14);2-3H,1H3;1H4. The summed E-state index contributed by atoms with van der Waals surface area (Å²) in [6.07, 6.45) is 15.8. The molecule has 2 saturated heterocycles. The first-order valence-electron chi connectivity index (χ1n) is 31.9. The number of halogens is 5. The predicted octanol–water partition coefficient (Wildman–Crippen LogP) is 11.4. The quantitative estimate of drug-likeness (QED) is 0.0232. The summed E-state index contributed by atoms with van der Waals surface area (Å²) in [6.45, 7) is 9.80. The van der Waals surface area contributed by atoms with Crippen LogP contribution in [0.1, 0.15) is 124 Å². The second kappa shape index (κ2) is 37.7. The Labute approximate surface area is 610 Å². The molecule has 32 heteroatoms. The van der Waals surface area contributed by atoms with Gasteiger partial charge < -0.3 is 78.0 Å². The zero-order valence-corrected chi connectivity index (χ0v) is 59.1. The molecule has 7 heterocycles. The minimum absolute atomic E-state index is 0. The number of nitrogen functional groups attached to an aromatic ring is 1. The van der Waals surface area contributed by atoms with Crippen LogP contribution in [0.4, 0.5) is 51.3 Å². The number of hydrogen-bond donors (Lipinski definition) is 9. The number of aromatic nitrogens is 5. The van der Waals surface area contributed by atoms with E-state index in [1.54, 1.807) is 32.0 Å². The van der Waals surface area contributed by atoms with Crippen LogP contribution in [0.3, 0.4) is 0 Å². The van der Waals surface area contributed by atoms with Gasteiger partial charge in [0.15, 0.2) is 0 Å². The van der Waals surface area contributed by atoms with Crippen LogP contribution >= 0.6 is 58.0 Å². The Balaban J connectivity index is 0.000000175. The van der Waals surface area contributed by atoms with Crippen molar-refractivity contribution in [3.8, 4) is 0 Å². The molecule has 7 aromatic rings. The van der Waals surface area contributed by atoms with Crippen LogP contribution in [0.15, 0.2) is 110 Å². The fraction of sp³-hybridized carbons (Fsp3) is 0.362. The summed E-state index contributed by atoms with van der Waals surface area (Å²) in [6, 6.07) is 25.7. The number of primary amides is 2. The van der Waals surface area contributed by atoms with Gasteiger partial charge >= 0.3 is 17.9 Å². The van der Waals surface area contributed by atoms with E-state index in [1.807, 2.05) is 52.3 Å². The number of nitrogens with two attached hydrogens (primary N) is 3. The van der Waals surface area contributed by atoms with E-state index in [1.165, 1.54) is 57.0 Å². The molecule has 2 aromatic carbocycles. The van der Waals surface area contributed by atoms with E-state index >= 15 is 0 Å². The maximum Gasteiger partial charge on any atom is 0.341 e. The summed E-state index contributed by atoms with van der Waals surface area (Å²) in [5, 5.41) is 26.5. The first kappa shape index (κ1) is 78.7. The van der Waals surface area contributed by atoms with Gasteiger partial charge in [-0.05, 0) is 124 Å². The van der Waals surface area contributed by atoms with E-state index in [0.717, 1.165) is 126 Å². The molecular weight excluding hydrogens is 1400 g/mol. The number of methoxy groups -OCH3 is 2. The molecule has 6 fully saturated rings. The van der Waals surface area contributed by atoms with E-state index in [4.69, 9.17) is 80.3 Å². The zero-order valence-electron chi connectivity index (χ0n) is 55.3. The van der Waals surface area contributed by atoms with Gasteiger partial charge in [0, 0.05) is 150 Å². The number of ether oxygens (including phenoxy) is 2. The first-order chi connectivity index (χ1) is 47.8. The Kier molecular flexibility index (Phi) is 29.3. The van der Waals surface area contributed by atoms with E-state index in [0.29, 0.717) is 79.2 Å². The number of esters is 2. The highest BCUT2D eigenvalue weighted by molar-refractivity contribution is 6.36. The molecule has 13 rings (SSSR count). The predicted molar refractivity (Wildman–Crippen MR) is 396 cm³/mol. The first-order valence-corrected chi connectivity index (χ1v) is 33.8. The van der Waals surface area contributed by atoms with E-state index in [-0.39, 0.29) is 40.5 Å². The maximum atomic E-state index is 11.6. The molecule has 4 saturated carbocycles. The second-order valence-electron chi connectivity index (χ2n) is 23.7. The minimum atomic E-state index is -0.989. The molecule has 4 amide bonds. The van der Waals surface area contributed by atoms with Crippen molar-refractivity contribution in [2.75, 3.05) is 109 Å². The largest absolute Gasteiger partial charge is 0.478 e. The number of pyridine rings is 5. The Hall–Kier alpha value is -9.67. The van der Waals surface area contributed by atoms with Crippen molar-refractivity contribution >= 4 is 151 Å². The minimum Gasteiger partial charge on any atom is -0.478 e. The van der Waals surface area contributed by atoms with Gasteiger partial charge in [-0.2, -0.15) is 0 Å². The van der Waals surface area contributed by atoms with Crippen LogP contribution in [0.25, 0.3) is 0 Å². The van der Waals surface area contributed by atoms with E-state index in [2.05, 4.69) is 82.9 Å². The lowest BCUT2D eigenvalue weighted by Gasteiger charge is -2.35. The van der Waals surface area contributed by atoms with Crippen LogP contribution < -0.4 is 53.6 Å². The van der Waals surface area contributed by atoms with Gasteiger partial charge in [-0.3, -0.25) is 19.2 Å². The molecule has 6 aliphatic rings. The van der Waals surface area contributed by atoms with Crippen LogP contribution in [0.5, 0.6) is 0 Å². The molecule has 0 unspecified atom stereocenters. The number of hydrogen-bond acceptors (Lipinski definition) is 22. The lowest BCUT2D eigenvalue weighted by molar-refractivity contribution is -0.129. The molecule has 101 heavy (non-hydrogen) atoms. The van der Waals surface area contributed by atoms with E-state index in [9.17, 15) is 33.6 Å². The average Bonchev–Trinajstić information content (AvgIpc) is 1.53. The Morgan fingerprint density at radius 2 is 0.782 bits per heavy atom. The van der Waals surface area contributed by atoms with Crippen LogP contribution in [-0.4, -0.2) is 172 Å². The summed E-state index contributed by atoms with van der Waals surface area (Å²) >= 11 is 28.4. The number of carbonyl (C=O) groups is 7. The van der Waals surface area contributed by atoms with Crippen LogP contribution in [-0.2, 0) is 19.1 Å². The maximum absolute atomic E-state index is 11.6. The molecule has 4 aliphatic carbocycles. The van der Waals surface area contributed by atoms with Gasteiger partial charge in [0.1, 0.15) is 37.6 Å². The number of carboxylic acids is 1. The van der Waals surface area contributed by atoms with Gasteiger partial charge in [0.05, 0.1) is 58.7 Å². The molecule has 5 aromatic heterocycles. The van der Waals surface area contributed by atoms with Crippen molar-refractivity contribution in [1.82, 2.24) is 34.7 Å². The monoisotopic (exact) mass is 1480 g/mol. The van der Waals surface area contributed by atoms with Crippen molar-refractivity contribution in [2.24, 2.45) is 11.5 Å². The topological polar surface area (TPSA) is 374 Å². The number of aromatic carboxylic acids is 1. The molecule has 12 N–H and O–H groups in total. The molecule has 0 radical (unpaired) electrons. The number of carboxylic acid groups (broad SMARTS) is 1. The molecule has 0 bridgehead atoms. The summed E-state index contributed by atoms with van der Waals surface area (Å²) in [5.41, 5.74) is 24.6. The van der Waals surface area contributed by atoms with Crippen LogP contribution in [0, 0.1) is 0 Å².